The highest BCUT2D eigenvalue weighted by Gasteiger charge is 2.28. The van der Waals surface area contributed by atoms with Crippen LogP contribution in [0.4, 0.5) is 5.69 Å². The summed E-state index contributed by atoms with van der Waals surface area (Å²) in [6.07, 6.45) is 4.66. The zero-order chi connectivity index (χ0) is 25.9. The number of allylic oxidation sites excluding steroid dienone is 1. The van der Waals surface area contributed by atoms with Crippen LogP contribution in [0.2, 0.25) is 0 Å². The molecule has 2 N–H and O–H groups in total. The Morgan fingerprint density at radius 2 is 1.71 bits per heavy atom. The molecule has 0 bridgehead atoms. The first-order valence-electron chi connectivity index (χ1n) is 12.7. The van der Waals surface area contributed by atoms with Gasteiger partial charge in [0.1, 0.15) is 0 Å². The lowest BCUT2D eigenvalue weighted by molar-refractivity contribution is 0.0950. The SMILES string of the molecule is C=C(C)c1cc(C(=O)NCc2c(C)cc(C)[nH]c2=O)c(C)c(N(CC)C2CCC(N(C)C)CC2)c1. The molecule has 1 amide bonds. The fourth-order valence-electron chi connectivity index (χ4n) is 5.36. The third-order valence-corrected chi connectivity index (χ3v) is 7.52. The summed E-state index contributed by atoms with van der Waals surface area (Å²) in [7, 11) is 4.33. The first kappa shape index (κ1) is 26.7. The van der Waals surface area contributed by atoms with E-state index in [1.54, 1.807) is 0 Å². The third-order valence-electron chi connectivity index (χ3n) is 7.52. The highest BCUT2D eigenvalue weighted by atomic mass is 16.1. The Bertz CT molecular complexity index is 1140. The zero-order valence-electron chi connectivity index (χ0n) is 22.5. The van der Waals surface area contributed by atoms with E-state index in [2.05, 4.69) is 53.8 Å². The number of anilines is 1. The third kappa shape index (κ3) is 6.04. The number of hydrogen-bond acceptors (Lipinski definition) is 4. The van der Waals surface area contributed by atoms with E-state index in [1.807, 2.05) is 39.8 Å². The molecule has 1 aromatic heterocycles. The van der Waals surface area contributed by atoms with E-state index in [9.17, 15) is 9.59 Å². The molecule has 35 heavy (non-hydrogen) atoms. The minimum Gasteiger partial charge on any atom is -0.369 e. The summed E-state index contributed by atoms with van der Waals surface area (Å²) in [6, 6.07) is 7.14. The van der Waals surface area contributed by atoms with Crippen LogP contribution in [-0.4, -0.2) is 48.5 Å². The Balaban J connectivity index is 1.90. The molecule has 1 fully saturated rings. The van der Waals surface area contributed by atoms with Crippen LogP contribution in [0.15, 0.2) is 29.6 Å². The number of nitrogens with one attached hydrogen (secondary N) is 2. The fraction of sp³-hybridized carbons (Fsp3) is 0.517. The molecule has 6 heteroatoms. The minimum absolute atomic E-state index is 0.151. The van der Waals surface area contributed by atoms with Gasteiger partial charge in [0.05, 0.1) is 0 Å². The molecule has 0 aliphatic heterocycles. The van der Waals surface area contributed by atoms with Gasteiger partial charge in [0, 0.05) is 47.7 Å². The normalized spacial score (nSPS) is 17.9. The van der Waals surface area contributed by atoms with Gasteiger partial charge in [-0.15, -0.1) is 0 Å². The molecule has 1 aromatic carbocycles. The average molecular weight is 479 g/mol. The predicted octanol–water partition coefficient (Wildman–Crippen LogP) is 4.96. The van der Waals surface area contributed by atoms with Crippen LogP contribution in [0.1, 0.15) is 77.8 Å². The molecular formula is C29H42N4O2. The molecule has 0 unspecified atom stereocenters. The summed E-state index contributed by atoms with van der Waals surface area (Å²) in [4.78, 5) is 33.4. The second kappa shape index (κ2) is 11.3. The van der Waals surface area contributed by atoms with Gasteiger partial charge in [-0.3, -0.25) is 9.59 Å². The maximum atomic E-state index is 13.4. The van der Waals surface area contributed by atoms with Gasteiger partial charge in [0.25, 0.3) is 11.5 Å². The van der Waals surface area contributed by atoms with Crippen molar-refractivity contribution in [3.63, 3.8) is 0 Å². The first-order chi connectivity index (χ1) is 16.5. The van der Waals surface area contributed by atoms with Crippen molar-refractivity contribution in [2.75, 3.05) is 25.5 Å². The number of pyridine rings is 1. The van der Waals surface area contributed by atoms with Crippen molar-refractivity contribution in [1.82, 2.24) is 15.2 Å². The van der Waals surface area contributed by atoms with E-state index in [0.29, 0.717) is 23.2 Å². The van der Waals surface area contributed by atoms with Gasteiger partial charge in [-0.25, -0.2) is 0 Å². The maximum absolute atomic E-state index is 13.4. The van der Waals surface area contributed by atoms with Crippen molar-refractivity contribution in [3.8, 4) is 0 Å². The van der Waals surface area contributed by atoms with Crippen molar-refractivity contribution in [3.05, 3.63) is 68.6 Å². The number of amides is 1. The van der Waals surface area contributed by atoms with Gasteiger partial charge in [-0.2, -0.15) is 0 Å². The quantitative estimate of drug-likeness (QED) is 0.563. The molecule has 0 radical (unpaired) electrons. The van der Waals surface area contributed by atoms with Crippen molar-refractivity contribution in [2.45, 2.75) is 78.9 Å². The largest absolute Gasteiger partial charge is 0.369 e. The second-order valence-corrected chi connectivity index (χ2v) is 10.3. The Morgan fingerprint density at radius 3 is 2.26 bits per heavy atom. The second-order valence-electron chi connectivity index (χ2n) is 10.3. The number of aryl methyl sites for hydroxylation is 2. The van der Waals surface area contributed by atoms with Gasteiger partial charge in [0.15, 0.2) is 0 Å². The summed E-state index contributed by atoms with van der Waals surface area (Å²) in [6.45, 7) is 15.2. The van der Waals surface area contributed by atoms with Crippen LogP contribution in [0, 0.1) is 20.8 Å². The smallest absolute Gasteiger partial charge is 0.253 e. The van der Waals surface area contributed by atoms with Crippen LogP contribution in [0.5, 0.6) is 0 Å². The number of hydrogen-bond donors (Lipinski definition) is 2. The average Bonchev–Trinajstić information content (AvgIpc) is 2.79. The lowest BCUT2D eigenvalue weighted by atomic mass is 9.88. The monoisotopic (exact) mass is 478 g/mol. The van der Waals surface area contributed by atoms with E-state index in [4.69, 9.17) is 0 Å². The van der Waals surface area contributed by atoms with Crippen LogP contribution in [-0.2, 0) is 6.54 Å². The number of nitrogens with zero attached hydrogens (tertiary/aromatic N) is 2. The lowest BCUT2D eigenvalue weighted by Crippen LogP contribution is -2.42. The Labute approximate surface area is 210 Å². The van der Waals surface area contributed by atoms with Crippen molar-refractivity contribution in [2.24, 2.45) is 0 Å². The number of benzene rings is 1. The molecular weight excluding hydrogens is 436 g/mol. The van der Waals surface area contributed by atoms with Gasteiger partial charge >= 0.3 is 0 Å². The van der Waals surface area contributed by atoms with Crippen LogP contribution in [0.3, 0.4) is 0 Å². The standard InChI is InChI=1S/C29H42N4O2/c1-9-33(24-12-10-23(11-13-24)32(7)8)27-16-22(18(2)3)15-25(21(27)6)28(34)30-17-26-19(4)14-20(5)31-29(26)35/h14-16,23-24H,2,9-13,17H2,1,3-8H3,(H,30,34)(H,31,35). The number of carbonyl (C=O) groups is 1. The van der Waals surface area contributed by atoms with Crippen molar-refractivity contribution in [1.29, 1.82) is 0 Å². The molecule has 6 nitrogen and oxygen atoms in total. The molecule has 0 atom stereocenters. The van der Waals surface area contributed by atoms with E-state index in [0.717, 1.165) is 53.0 Å². The van der Waals surface area contributed by atoms with Crippen LogP contribution >= 0.6 is 0 Å². The number of H-pyrrole nitrogens is 1. The van der Waals surface area contributed by atoms with Crippen LogP contribution < -0.4 is 15.8 Å². The molecule has 1 aliphatic carbocycles. The zero-order valence-corrected chi connectivity index (χ0v) is 22.5. The van der Waals surface area contributed by atoms with Gasteiger partial charge < -0.3 is 20.1 Å². The van der Waals surface area contributed by atoms with Crippen LogP contribution in [0.25, 0.3) is 5.57 Å². The van der Waals surface area contributed by atoms with Gasteiger partial charge in [0.2, 0.25) is 0 Å². The highest BCUT2D eigenvalue weighted by molar-refractivity contribution is 5.98. The number of rotatable bonds is 8. The van der Waals surface area contributed by atoms with Crippen molar-refractivity contribution < 1.29 is 4.79 Å². The molecule has 1 aliphatic rings. The molecule has 190 valence electrons. The molecule has 2 aromatic rings. The summed E-state index contributed by atoms with van der Waals surface area (Å²) in [5, 5.41) is 2.99. The molecule has 0 spiro atoms. The minimum atomic E-state index is -0.168. The molecule has 1 heterocycles. The summed E-state index contributed by atoms with van der Waals surface area (Å²) in [5.74, 6) is -0.168. The highest BCUT2D eigenvalue weighted by Crippen LogP contribution is 2.34. The van der Waals surface area contributed by atoms with Gasteiger partial charge in [-0.1, -0.05) is 12.2 Å². The fourth-order valence-corrected chi connectivity index (χ4v) is 5.36. The topological polar surface area (TPSA) is 68.4 Å². The number of aromatic amines is 1. The van der Waals surface area contributed by atoms with E-state index < -0.39 is 0 Å². The maximum Gasteiger partial charge on any atom is 0.253 e. The molecule has 3 rings (SSSR count). The van der Waals surface area contributed by atoms with Gasteiger partial charge in [-0.05, 0) is 109 Å². The number of aromatic nitrogens is 1. The molecule has 0 saturated heterocycles. The summed E-state index contributed by atoms with van der Waals surface area (Å²) >= 11 is 0. The van der Waals surface area contributed by atoms with E-state index in [-0.39, 0.29) is 18.0 Å². The first-order valence-corrected chi connectivity index (χ1v) is 12.7. The van der Waals surface area contributed by atoms with E-state index >= 15 is 0 Å². The number of carbonyl (C=O) groups excluding carboxylic acids is 1. The molecule has 1 saturated carbocycles. The summed E-state index contributed by atoms with van der Waals surface area (Å²) in [5.41, 5.74) is 6.75. The summed E-state index contributed by atoms with van der Waals surface area (Å²) < 4.78 is 0. The van der Waals surface area contributed by atoms with E-state index in [1.165, 1.54) is 12.8 Å². The Hall–Kier alpha value is -2.86. The predicted molar refractivity (Wildman–Crippen MR) is 146 cm³/mol. The Morgan fingerprint density at radius 1 is 1.09 bits per heavy atom. The van der Waals surface area contributed by atoms with Crippen molar-refractivity contribution >= 4 is 17.2 Å². The lowest BCUT2D eigenvalue weighted by Gasteiger charge is -2.40. The Kier molecular flexibility index (Phi) is 8.60.